The van der Waals surface area contributed by atoms with Gasteiger partial charge < -0.3 is 24.1 Å². The SMILES string of the molecule is CC(=O)O[C@H]1CC[C@@]2(C)[C@@H](CC[C@@H]3[C@@H]2[C@@H](O)[C@H](OC(C)=O)[C@]2(C)[C@@H]4[C@H](C[C@@H]32)O[C@]2(CC[C@@H](C)CO2)[C@H]4C)C1. The van der Waals surface area contributed by atoms with Gasteiger partial charge in [0.15, 0.2) is 5.79 Å². The summed E-state index contributed by atoms with van der Waals surface area (Å²) in [5, 5.41) is 12.2. The molecule has 6 aliphatic rings. The van der Waals surface area contributed by atoms with Crippen LogP contribution in [0.25, 0.3) is 0 Å². The predicted octanol–water partition coefficient (Wildman–Crippen LogP) is 4.88. The molecule has 14 atom stereocenters. The minimum Gasteiger partial charge on any atom is -0.463 e. The van der Waals surface area contributed by atoms with Crippen LogP contribution >= 0.6 is 0 Å². The van der Waals surface area contributed by atoms with Crippen molar-refractivity contribution in [2.45, 2.75) is 123 Å². The van der Waals surface area contributed by atoms with Crippen LogP contribution in [0.1, 0.15) is 92.9 Å². The Morgan fingerprint density at radius 2 is 1.66 bits per heavy atom. The summed E-state index contributed by atoms with van der Waals surface area (Å²) in [7, 11) is 0. The molecule has 0 bridgehead atoms. The summed E-state index contributed by atoms with van der Waals surface area (Å²) in [6, 6.07) is 0. The van der Waals surface area contributed by atoms with Gasteiger partial charge in [-0.05, 0) is 80.0 Å². The van der Waals surface area contributed by atoms with Crippen molar-refractivity contribution in [3.8, 4) is 0 Å². The third kappa shape index (κ3) is 3.77. The molecule has 7 nitrogen and oxygen atoms in total. The van der Waals surface area contributed by atoms with Gasteiger partial charge in [-0.25, -0.2) is 0 Å². The van der Waals surface area contributed by atoms with Crippen molar-refractivity contribution in [3.63, 3.8) is 0 Å². The number of hydrogen-bond acceptors (Lipinski definition) is 7. The normalized spacial score (nSPS) is 55.4. The molecule has 7 heteroatoms. The molecule has 2 heterocycles. The molecule has 0 aromatic heterocycles. The van der Waals surface area contributed by atoms with Crippen LogP contribution < -0.4 is 0 Å². The van der Waals surface area contributed by atoms with Gasteiger partial charge in [0.05, 0.1) is 18.8 Å². The van der Waals surface area contributed by atoms with E-state index in [-0.39, 0.29) is 52.7 Å². The molecule has 0 unspecified atom stereocenters. The molecule has 6 fully saturated rings. The molecule has 38 heavy (non-hydrogen) atoms. The molecule has 6 rings (SSSR count). The van der Waals surface area contributed by atoms with Gasteiger partial charge >= 0.3 is 11.9 Å². The Bertz CT molecular complexity index is 958. The maximum Gasteiger partial charge on any atom is 0.303 e. The number of rotatable bonds is 2. The zero-order valence-electron chi connectivity index (χ0n) is 24.1. The Kier molecular flexibility index (Phi) is 6.52. The van der Waals surface area contributed by atoms with E-state index < -0.39 is 18.0 Å². The van der Waals surface area contributed by atoms with E-state index in [0.29, 0.717) is 23.7 Å². The van der Waals surface area contributed by atoms with E-state index in [1.807, 2.05) is 0 Å². The van der Waals surface area contributed by atoms with Gasteiger partial charge in [0.25, 0.3) is 0 Å². The lowest BCUT2D eigenvalue weighted by molar-refractivity contribution is -0.279. The van der Waals surface area contributed by atoms with E-state index in [2.05, 4.69) is 27.7 Å². The van der Waals surface area contributed by atoms with E-state index in [9.17, 15) is 14.7 Å². The molecule has 0 aromatic rings. The van der Waals surface area contributed by atoms with Gasteiger partial charge in [0.1, 0.15) is 12.2 Å². The van der Waals surface area contributed by atoms with Crippen molar-refractivity contribution in [2.24, 2.45) is 52.3 Å². The fourth-order valence-corrected chi connectivity index (χ4v) is 11.0. The second kappa shape index (κ2) is 9.17. The third-order valence-corrected chi connectivity index (χ3v) is 12.6. The van der Waals surface area contributed by atoms with E-state index in [1.54, 1.807) is 0 Å². The summed E-state index contributed by atoms with van der Waals surface area (Å²) < 4.78 is 25.1. The molecule has 0 aromatic carbocycles. The fraction of sp³-hybridized carbons (Fsp3) is 0.935. The van der Waals surface area contributed by atoms with Gasteiger partial charge in [-0.1, -0.05) is 27.7 Å². The van der Waals surface area contributed by atoms with E-state index in [4.69, 9.17) is 18.9 Å². The Morgan fingerprint density at radius 1 is 0.921 bits per heavy atom. The average molecular weight is 533 g/mol. The highest BCUT2D eigenvalue weighted by molar-refractivity contribution is 5.66. The zero-order valence-corrected chi connectivity index (χ0v) is 24.1. The number of carbonyl (C=O) groups is 2. The van der Waals surface area contributed by atoms with Gasteiger partial charge in [-0.3, -0.25) is 9.59 Å². The van der Waals surface area contributed by atoms with Crippen LogP contribution in [0, 0.1) is 52.3 Å². The number of hydrogen-bond donors (Lipinski definition) is 1. The van der Waals surface area contributed by atoms with Gasteiger partial charge in [0.2, 0.25) is 0 Å². The second-order valence-corrected chi connectivity index (χ2v) is 14.4. The number of esters is 2. The molecule has 1 spiro atoms. The maximum absolute atomic E-state index is 12.5. The van der Waals surface area contributed by atoms with Crippen LogP contribution in [-0.4, -0.2) is 53.9 Å². The highest BCUT2D eigenvalue weighted by Crippen LogP contribution is 2.71. The summed E-state index contributed by atoms with van der Waals surface area (Å²) in [4.78, 5) is 24.2. The number of aliphatic hydroxyl groups is 1. The van der Waals surface area contributed by atoms with Crippen molar-refractivity contribution in [1.82, 2.24) is 0 Å². The van der Waals surface area contributed by atoms with Gasteiger partial charge in [-0.15, -0.1) is 0 Å². The summed E-state index contributed by atoms with van der Waals surface area (Å²) in [6.07, 6.45) is 6.41. The summed E-state index contributed by atoms with van der Waals surface area (Å²) in [6.45, 7) is 12.8. The monoisotopic (exact) mass is 532 g/mol. The largest absolute Gasteiger partial charge is 0.463 e. The number of aliphatic hydroxyl groups excluding tert-OH is 1. The number of ether oxygens (including phenoxy) is 4. The lowest BCUT2D eigenvalue weighted by atomic mass is 9.42. The summed E-state index contributed by atoms with van der Waals surface area (Å²) >= 11 is 0. The predicted molar refractivity (Wildman–Crippen MR) is 140 cm³/mol. The van der Waals surface area contributed by atoms with Crippen LogP contribution in [0.15, 0.2) is 0 Å². The first-order valence-electron chi connectivity index (χ1n) is 15.2. The fourth-order valence-electron chi connectivity index (χ4n) is 11.0. The van der Waals surface area contributed by atoms with Crippen LogP contribution in [0.5, 0.6) is 0 Å². The Balaban J connectivity index is 1.33. The summed E-state index contributed by atoms with van der Waals surface area (Å²) in [5.41, 5.74) is -0.447. The molecule has 0 radical (unpaired) electrons. The van der Waals surface area contributed by atoms with Crippen LogP contribution in [0.3, 0.4) is 0 Å². The highest BCUT2D eigenvalue weighted by atomic mass is 16.7. The van der Waals surface area contributed by atoms with Crippen molar-refractivity contribution in [1.29, 1.82) is 0 Å². The minimum atomic E-state index is -0.724. The third-order valence-electron chi connectivity index (χ3n) is 12.6. The lowest BCUT2D eigenvalue weighted by Crippen LogP contribution is -2.66. The molecule has 4 saturated carbocycles. The quantitative estimate of drug-likeness (QED) is 0.507. The molecular weight excluding hydrogens is 484 g/mol. The number of fused-ring (bicyclic) bond motifs is 7. The zero-order chi connectivity index (χ0) is 27.2. The molecule has 0 amide bonds. The first kappa shape index (κ1) is 27.0. The van der Waals surface area contributed by atoms with Crippen LogP contribution in [0.2, 0.25) is 0 Å². The molecule has 2 saturated heterocycles. The van der Waals surface area contributed by atoms with Crippen molar-refractivity contribution >= 4 is 11.9 Å². The Morgan fingerprint density at radius 3 is 2.32 bits per heavy atom. The first-order chi connectivity index (χ1) is 17.9. The second-order valence-electron chi connectivity index (χ2n) is 14.4. The molecular formula is C31H48O7. The molecule has 214 valence electrons. The minimum absolute atomic E-state index is 0.0353. The Labute approximate surface area is 227 Å². The lowest BCUT2D eigenvalue weighted by Gasteiger charge is -2.64. The number of carbonyl (C=O) groups excluding carboxylic acids is 2. The summed E-state index contributed by atoms with van der Waals surface area (Å²) in [5.74, 6) is 0.906. The molecule has 1 N–H and O–H groups in total. The van der Waals surface area contributed by atoms with Crippen molar-refractivity contribution in [3.05, 3.63) is 0 Å². The average Bonchev–Trinajstić information content (AvgIpc) is 3.29. The highest BCUT2D eigenvalue weighted by Gasteiger charge is 2.74. The maximum atomic E-state index is 12.5. The topological polar surface area (TPSA) is 91.3 Å². The first-order valence-corrected chi connectivity index (χ1v) is 15.2. The Hall–Kier alpha value is -1.18. The van der Waals surface area contributed by atoms with E-state index in [0.717, 1.165) is 58.0 Å². The van der Waals surface area contributed by atoms with E-state index in [1.165, 1.54) is 13.8 Å². The van der Waals surface area contributed by atoms with Crippen molar-refractivity contribution in [2.75, 3.05) is 6.61 Å². The van der Waals surface area contributed by atoms with Crippen LogP contribution in [0.4, 0.5) is 0 Å². The molecule has 2 aliphatic heterocycles. The van der Waals surface area contributed by atoms with Crippen molar-refractivity contribution < 1.29 is 33.6 Å². The van der Waals surface area contributed by atoms with Gasteiger partial charge in [-0.2, -0.15) is 0 Å². The smallest absolute Gasteiger partial charge is 0.303 e. The van der Waals surface area contributed by atoms with Gasteiger partial charge in [0, 0.05) is 37.5 Å². The molecule has 4 aliphatic carbocycles. The van der Waals surface area contributed by atoms with E-state index >= 15 is 0 Å². The van der Waals surface area contributed by atoms with Crippen LogP contribution in [-0.2, 0) is 28.5 Å². The standard InChI is InChI=1S/C31H48O7/c1-16-9-12-31(35-15-16)17(2)25-24(38-31)14-23-22-8-7-20-13-21(36-18(3)32)10-11-29(20,5)26(22)27(34)28(30(23,25)6)37-19(4)33/h16-17,20-28,34H,7-15H2,1-6H3/t16-,17+,20+,21+,22+,23+,24+,25+,26-,27-,28+,29+,30+,31-/m1/s1.